The van der Waals surface area contributed by atoms with Gasteiger partial charge in [-0.1, -0.05) is 34.9 Å². The van der Waals surface area contributed by atoms with E-state index < -0.39 is 12.0 Å². The number of esters is 1. The molecule has 0 bridgehead atoms. The van der Waals surface area contributed by atoms with Crippen molar-refractivity contribution in [2.75, 3.05) is 31.0 Å². The zero-order valence-electron chi connectivity index (χ0n) is 19.2. The van der Waals surface area contributed by atoms with E-state index >= 15 is 0 Å². The van der Waals surface area contributed by atoms with Crippen molar-refractivity contribution in [2.45, 2.75) is 19.9 Å². The van der Waals surface area contributed by atoms with Gasteiger partial charge in [-0.2, -0.15) is 4.68 Å². The molecule has 12 heteroatoms. The van der Waals surface area contributed by atoms with E-state index in [1.54, 1.807) is 56.3 Å². The number of carbonyl (C=O) groups is 2. The summed E-state index contributed by atoms with van der Waals surface area (Å²) >= 11 is 6.08. The molecule has 0 aliphatic carbocycles. The fraction of sp³-hybridized carbons (Fsp3) is 0.261. The minimum absolute atomic E-state index is 0.219. The van der Waals surface area contributed by atoms with E-state index in [0.717, 1.165) is 0 Å². The number of aromatic nitrogens is 4. The molecule has 0 saturated heterocycles. The Morgan fingerprint density at radius 1 is 1.20 bits per heavy atom. The average Bonchev–Trinajstić information content (AvgIpc) is 3.31. The maximum absolute atomic E-state index is 12.8. The zero-order valence-corrected chi connectivity index (χ0v) is 20.0. The fourth-order valence-corrected chi connectivity index (χ4v) is 3.84. The Balaban J connectivity index is 1.58. The van der Waals surface area contributed by atoms with Gasteiger partial charge in [-0.3, -0.25) is 4.79 Å². The van der Waals surface area contributed by atoms with Gasteiger partial charge in [0.2, 0.25) is 5.95 Å². The number of rotatable bonds is 8. The molecule has 0 spiro atoms. The highest BCUT2D eigenvalue weighted by Crippen LogP contribution is 2.38. The topological polar surface area (TPSA) is 129 Å². The molecule has 1 aromatic heterocycles. The smallest absolute Gasteiger partial charge is 0.338 e. The Morgan fingerprint density at radius 3 is 2.74 bits per heavy atom. The van der Waals surface area contributed by atoms with Gasteiger partial charge in [0.05, 0.1) is 30.0 Å². The Hall–Kier alpha value is -4.12. The SMILES string of the molecule is CCOC(=O)C1=C(C)Nc2nnnn2C1c1ccc(OCC(=O)Nc2ccccc2Cl)c(OC)c1. The van der Waals surface area contributed by atoms with Gasteiger partial charge in [-0.25, -0.2) is 4.79 Å². The quantitative estimate of drug-likeness (QED) is 0.449. The number of fused-ring (bicyclic) bond motifs is 1. The fourth-order valence-electron chi connectivity index (χ4n) is 3.66. The summed E-state index contributed by atoms with van der Waals surface area (Å²) in [6.45, 7) is 3.44. The third-order valence-electron chi connectivity index (χ3n) is 5.22. The summed E-state index contributed by atoms with van der Waals surface area (Å²) in [4.78, 5) is 25.1. The molecule has 2 aromatic carbocycles. The van der Waals surface area contributed by atoms with Crippen LogP contribution in [0.25, 0.3) is 0 Å². The maximum atomic E-state index is 12.8. The van der Waals surface area contributed by atoms with Gasteiger partial charge in [0.1, 0.15) is 6.04 Å². The normalized spacial score (nSPS) is 14.6. The van der Waals surface area contributed by atoms with Crippen molar-refractivity contribution in [1.82, 2.24) is 20.2 Å². The molecule has 1 atom stereocenters. The van der Waals surface area contributed by atoms with Crippen molar-refractivity contribution in [1.29, 1.82) is 0 Å². The van der Waals surface area contributed by atoms with Gasteiger partial charge in [0, 0.05) is 5.70 Å². The molecule has 4 rings (SSSR count). The van der Waals surface area contributed by atoms with E-state index in [2.05, 4.69) is 26.2 Å². The number of carbonyl (C=O) groups excluding carboxylic acids is 2. The second-order valence-electron chi connectivity index (χ2n) is 7.46. The molecule has 0 saturated carbocycles. The maximum Gasteiger partial charge on any atom is 0.338 e. The lowest BCUT2D eigenvalue weighted by Crippen LogP contribution is -2.29. The number of para-hydroxylation sites is 1. The molecule has 1 unspecified atom stereocenters. The van der Waals surface area contributed by atoms with Crippen LogP contribution < -0.4 is 20.1 Å². The minimum Gasteiger partial charge on any atom is -0.493 e. The van der Waals surface area contributed by atoms with Crippen LogP contribution in [-0.4, -0.2) is 52.4 Å². The Morgan fingerprint density at radius 2 is 2.00 bits per heavy atom. The molecule has 11 nitrogen and oxygen atoms in total. The standard InChI is InChI=1S/C23H23ClN6O5/c1-4-34-22(32)20-13(2)25-23-27-28-29-30(23)21(20)14-9-10-17(18(11-14)33-3)35-12-19(31)26-16-8-6-5-7-15(16)24/h5-11,21H,4,12H2,1-3H3,(H,26,31)(H,25,27,29). The Labute approximate surface area is 206 Å². The number of halogens is 1. The van der Waals surface area contributed by atoms with Crippen LogP contribution in [0.1, 0.15) is 25.5 Å². The number of ether oxygens (including phenoxy) is 3. The summed E-state index contributed by atoms with van der Waals surface area (Å²) in [7, 11) is 1.48. The van der Waals surface area contributed by atoms with Crippen LogP contribution in [0.15, 0.2) is 53.7 Å². The number of tetrazole rings is 1. The van der Waals surface area contributed by atoms with E-state index in [9.17, 15) is 9.59 Å². The molecule has 1 aliphatic heterocycles. The number of nitrogens with zero attached hydrogens (tertiary/aromatic N) is 4. The van der Waals surface area contributed by atoms with E-state index in [0.29, 0.717) is 45.0 Å². The molecule has 1 aliphatic rings. The lowest BCUT2D eigenvalue weighted by atomic mass is 9.95. The largest absolute Gasteiger partial charge is 0.493 e. The highest BCUT2D eigenvalue weighted by atomic mass is 35.5. The van der Waals surface area contributed by atoms with E-state index in [1.165, 1.54) is 11.8 Å². The number of amides is 1. The first-order valence-electron chi connectivity index (χ1n) is 10.7. The first-order valence-corrected chi connectivity index (χ1v) is 11.1. The van der Waals surface area contributed by atoms with Gasteiger partial charge < -0.3 is 24.8 Å². The van der Waals surface area contributed by atoms with Crippen molar-refractivity contribution < 1.29 is 23.8 Å². The van der Waals surface area contributed by atoms with Gasteiger partial charge in [0.25, 0.3) is 5.91 Å². The molecule has 1 amide bonds. The number of anilines is 2. The summed E-state index contributed by atoms with van der Waals surface area (Å²) in [6, 6.07) is 11.4. The summed E-state index contributed by atoms with van der Waals surface area (Å²) < 4.78 is 17.9. The van der Waals surface area contributed by atoms with Crippen molar-refractivity contribution in [3.8, 4) is 11.5 Å². The van der Waals surface area contributed by atoms with Crippen molar-refractivity contribution in [3.63, 3.8) is 0 Å². The van der Waals surface area contributed by atoms with Crippen molar-refractivity contribution in [2.24, 2.45) is 0 Å². The highest BCUT2D eigenvalue weighted by Gasteiger charge is 2.35. The molecule has 35 heavy (non-hydrogen) atoms. The van der Waals surface area contributed by atoms with Crippen LogP contribution in [-0.2, 0) is 14.3 Å². The van der Waals surface area contributed by atoms with Crippen LogP contribution in [0.3, 0.4) is 0 Å². The van der Waals surface area contributed by atoms with E-state index in [-0.39, 0.29) is 19.1 Å². The van der Waals surface area contributed by atoms with Crippen LogP contribution >= 0.6 is 11.6 Å². The Kier molecular flexibility index (Phi) is 7.16. The number of hydrogen-bond acceptors (Lipinski definition) is 9. The molecule has 0 radical (unpaired) electrons. The minimum atomic E-state index is -0.660. The number of methoxy groups -OCH3 is 1. The predicted molar refractivity (Wildman–Crippen MR) is 127 cm³/mol. The molecular weight excluding hydrogens is 476 g/mol. The van der Waals surface area contributed by atoms with Gasteiger partial charge in [0.15, 0.2) is 18.1 Å². The van der Waals surface area contributed by atoms with Gasteiger partial charge in [-0.15, -0.1) is 0 Å². The number of nitrogens with one attached hydrogen (secondary N) is 2. The number of benzene rings is 2. The third-order valence-corrected chi connectivity index (χ3v) is 5.55. The summed E-state index contributed by atoms with van der Waals surface area (Å²) in [6.07, 6.45) is 0. The summed E-state index contributed by atoms with van der Waals surface area (Å²) in [5.74, 6) is 0.219. The van der Waals surface area contributed by atoms with Crippen molar-refractivity contribution in [3.05, 3.63) is 64.3 Å². The lowest BCUT2D eigenvalue weighted by molar-refractivity contribution is -0.139. The molecule has 182 valence electrons. The number of hydrogen-bond donors (Lipinski definition) is 2. The van der Waals surface area contributed by atoms with E-state index in [1.807, 2.05) is 0 Å². The molecule has 2 heterocycles. The molecular formula is C23H23ClN6O5. The second-order valence-corrected chi connectivity index (χ2v) is 7.87. The monoisotopic (exact) mass is 498 g/mol. The second kappa shape index (κ2) is 10.4. The third kappa shape index (κ3) is 5.04. The zero-order chi connectivity index (χ0) is 24.9. The molecule has 2 N–H and O–H groups in total. The predicted octanol–water partition coefficient (Wildman–Crippen LogP) is 3.20. The highest BCUT2D eigenvalue weighted by molar-refractivity contribution is 6.33. The van der Waals surface area contributed by atoms with Crippen LogP contribution in [0.2, 0.25) is 5.02 Å². The number of allylic oxidation sites excluding steroid dienone is 1. The van der Waals surface area contributed by atoms with Crippen LogP contribution in [0.5, 0.6) is 11.5 Å². The Bertz CT molecular complexity index is 1290. The first kappa shape index (κ1) is 24.0. The van der Waals surface area contributed by atoms with Gasteiger partial charge >= 0.3 is 5.97 Å². The average molecular weight is 499 g/mol. The first-order chi connectivity index (χ1) is 16.9. The lowest BCUT2D eigenvalue weighted by Gasteiger charge is -2.27. The molecule has 0 fully saturated rings. The van der Waals surface area contributed by atoms with Crippen molar-refractivity contribution >= 4 is 35.1 Å². The van der Waals surface area contributed by atoms with Crippen LogP contribution in [0, 0.1) is 0 Å². The van der Waals surface area contributed by atoms with Gasteiger partial charge in [-0.05, 0) is 54.1 Å². The molecule has 3 aromatic rings. The van der Waals surface area contributed by atoms with Crippen LogP contribution in [0.4, 0.5) is 11.6 Å². The van der Waals surface area contributed by atoms with E-state index in [4.69, 9.17) is 25.8 Å². The summed E-state index contributed by atoms with van der Waals surface area (Å²) in [5, 5.41) is 17.9. The summed E-state index contributed by atoms with van der Waals surface area (Å²) in [5.41, 5.74) is 2.09.